The van der Waals surface area contributed by atoms with Crippen LogP contribution >= 0.6 is 11.3 Å². The molecule has 3 unspecified atom stereocenters. The Kier molecular flexibility index (Phi) is 4.70. The van der Waals surface area contributed by atoms with Crippen molar-refractivity contribution in [3.8, 4) is 0 Å². The van der Waals surface area contributed by atoms with Gasteiger partial charge in [0.25, 0.3) is 0 Å². The van der Waals surface area contributed by atoms with Crippen molar-refractivity contribution < 1.29 is 0 Å². The van der Waals surface area contributed by atoms with Crippen molar-refractivity contribution in [2.24, 2.45) is 11.8 Å². The second kappa shape index (κ2) is 6.37. The van der Waals surface area contributed by atoms with Gasteiger partial charge in [0.2, 0.25) is 0 Å². The van der Waals surface area contributed by atoms with Gasteiger partial charge in [0.15, 0.2) is 0 Å². The fourth-order valence-corrected chi connectivity index (χ4v) is 5.63. The first-order valence-electron chi connectivity index (χ1n) is 8.91. The van der Waals surface area contributed by atoms with E-state index in [1.807, 2.05) is 11.3 Å². The molecule has 1 aromatic heterocycles. The van der Waals surface area contributed by atoms with Crippen LogP contribution in [0.25, 0.3) is 0 Å². The summed E-state index contributed by atoms with van der Waals surface area (Å²) in [5, 5.41) is 5.34. The largest absolute Gasteiger partial charge is 0.305 e. The summed E-state index contributed by atoms with van der Waals surface area (Å²) >= 11 is 2.02. The van der Waals surface area contributed by atoms with Crippen LogP contribution in [0.2, 0.25) is 0 Å². The summed E-state index contributed by atoms with van der Waals surface area (Å²) in [5.74, 6) is 1.48. The number of nitrogens with one attached hydrogen (secondary N) is 1. The van der Waals surface area contributed by atoms with Crippen LogP contribution in [0.4, 0.5) is 0 Å². The normalized spacial score (nSPS) is 32.9. The summed E-state index contributed by atoms with van der Waals surface area (Å²) < 4.78 is 0. The number of fused-ring (bicyclic) bond motifs is 1. The minimum Gasteiger partial charge on any atom is -0.305 e. The lowest BCUT2D eigenvalue weighted by Crippen LogP contribution is -2.52. The molecule has 1 heterocycles. The van der Waals surface area contributed by atoms with Crippen LogP contribution in [-0.2, 0) is 18.4 Å². The fraction of sp³-hybridized carbons (Fsp3) is 0.833. The smallest absolute Gasteiger partial charge is 0.114 e. The summed E-state index contributed by atoms with van der Waals surface area (Å²) in [6, 6.07) is 0. The van der Waals surface area contributed by atoms with Crippen molar-refractivity contribution in [3.05, 3.63) is 15.6 Å². The second-order valence-corrected chi connectivity index (χ2v) is 8.24. The van der Waals surface area contributed by atoms with Gasteiger partial charge in [-0.3, -0.25) is 0 Å². The molecule has 3 heteroatoms. The molecule has 1 N–H and O–H groups in total. The molecule has 0 amide bonds. The lowest BCUT2D eigenvalue weighted by Gasteiger charge is -2.45. The van der Waals surface area contributed by atoms with Crippen molar-refractivity contribution in [2.75, 3.05) is 6.54 Å². The third-order valence-corrected chi connectivity index (χ3v) is 7.11. The Hall–Kier alpha value is -0.410. The molecule has 2 aliphatic rings. The van der Waals surface area contributed by atoms with E-state index in [9.17, 15) is 0 Å². The minimum atomic E-state index is 0.148. The molecular weight excluding hydrogens is 276 g/mol. The standard InChI is InChI=1S/C18H30N2S/c1-4-12-19-18(11-7-8-13(2)14(18)3)17-20-15-9-5-6-10-16(15)21-17/h13-14,19H,4-12H2,1-3H3. The summed E-state index contributed by atoms with van der Waals surface area (Å²) in [5.41, 5.74) is 1.57. The highest BCUT2D eigenvalue weighted by molar-refractivity contribution is 7.11. The molecule has 1 saturated carbocycles. The molecule has 0 aliphatic heterocycles. The molecule has 3 rings (SSSR count). The van der Waals surface area contributed by atoms with Crippen molar-refractivity contribution in [1.29, 1.82) is 0 Å². The van der Waals surface area contributed by atoms with Crippen molar-refractivity contribution >= 4 is 11.3 Å². The van der Waals surface area contributed by atoms with Gasteiger partial charge >= 0.3 is 0 Å². The van der Waals surface area contributed by atoms with Crippen LogP contribution in [0.3, 0.4) is 0 Å². The first-order valence-corrected chi connectivity index (χ1v) is 9.73. The van der Waals surface area contributed by atoms with Crippen molar-refractivity contribution in [2.45, 2.75) is 77.7 Å². The van der Waals surface area contributed by atoms with E-state index in [0.29, 0.717) is 5.92 Å². The molecular formula is C18H30N2S. The number of hydrogen-bond donors (Lipinski definition) is 1. The Morgan fingerprint density at radius 1 is 1.24 bits per heavy atom. The zero-order valence-corrected chi connectivity index (χ0v) is 14.7. The van der Waals surface area contributed by atoms with Gasteiger partial charge in [-0.2, -0.15) is 0 Å². The topological polar surface area (TPSA) is 24.9 Å². The predicted molar refractivity (Wildman–Crippen MR) is 90.9 cm³/mol. The average molecular weight is 307 g/mol. The molecule has 0 radical (unpaired) electrons. The molecule has 2 nitrogen and oxygen atoms in total. The zero-order chi connectivity index (χ0) is 14.9. The molecule has 1 aromatic rings. The Bertz CT molecular complexity index is 458. The van der Waals surface area contributed by atoms with E-state index in [0.717, 1.165) is 12.5 Å². The molecule has 0 saturated heterocycles. The quantitative estimate of drug-likeness (QED) is 0.874. The van der Waals surface area contributed by atoms with Crippen molar-refractivity contribution in [3.63, 3.8) is 0 Å². The van der Waals surface area contributed by atoms with Crippen LogP contribution in [-0.4, -0.2) is 11.5 Å². The molecule has 0 aromatic carbocycles. The van der Waals surface area contributed by atoms with Gasteiger partial charge in [-0.25, -0.2) is 4.98 Å². The van der Waals surface area contributed by atoms with E-state index in [1.54, 1.807) is 4.88 Å². The number of rotatable bonds is 4. The van der Waals surface area contributed by atoms with E-state index >= 15 is 0 Å². The van der Waals surface area contributed by atoms with E-state index in [2.05, 4.69) is 26.1 Å². The predicted octanol–water partition coefficient (Wildman–Crippen LogP) is 4.67. The highest BCUT2D eigenvalue weighted by atomic mass is 32.1. The lowest BCUT2D eigenvalue weighted by molar-refractivity contribution is 0.103. The van der Waals surface area contributed by atoms with E-state index < -0.39 is 0 Å². The maximum Gasteiger partial charge on any atom is 0.114 e. The average Bonchev–Trinajstić information content (AvgIpc) is 2.93. The number of thiazole rings is 1. The lowest BCUT2D eigenvalue weighted by atomic mass is 9.68. The maximum atomic E-state index is 5.14. The number of hydrogen-bond acceptors (Lipinski definition) is 3. The molecule has 3 atom stereocenters. The van der Waals surface area contributed by atoms with Gasteiger partial charge < -0.3 is 5.32 Å². The monoisotopic (exact) mass is 306 g/mol. The molecule has 21 heavy (non-hydrogen) atoms. The first-order chi connectivity index (χ1) is 10.2. The summed E-state index contributed by atoms with van der Waals surface area (Å²) in [6.07, 6.45) is 10.3. The van der Waals surface area contributed by atoms with Gasteiger partial charge in [-0.15, -0.1) is 11.3 Å². The molecule has 0 spiro atoms. The number of nitrogens with zero attached hydrogens (tertiary/aromatic N) is 1. The third kappa shape index (κ3) is 2.79. The Balaban J connectivity index is 1.96. The maximum absolute atomic E-state index is 5.14. The van der Waals surface area contributed by atoms with Gasteiger partial charge in [-0.1, -0.05) is 33.6 Å². The van der Waals surface area contributed by atoms with Gasteiger partial charge in [0.05, 0.1) is 11.2 Å². The minimum absolute atomic E-state index is 0.148. The van der Waals surface area contributed by atoms with Crippen LogP contribution in [0.1, 0.15) is 74.9 Å². The van der Waals surface area contributed by atoms with Crippen LogP contribution in [0.5, 0.6) is 0 Å². The van der Waals surface area contributed by atoms with Crippen LogP contribution in [0, 0.1) is 11.8 Å². The van der Waals surface area contributed by atoms with Gasteiger partial charge in [-0.05, 0) is 56.9 Å². The summed E-state index contributed by atoms with van der Waals surface area (Å²) in [4.78, 5) is 6.72. The highest BCUT2D eigenvalue weighted by Crippen LogP contribution is 2.46. The third-order valence-electron chi connectivity index (χ3n) is 5.78. The van der Waals surface area contributed by atoms with Gasteiger partial charge in [0.1, 0.15) is 5.01 Å². The van der Waals surface area contributed by atoms with Gasteiger partial charge in [0, 0.05) is 4.88 Å². The SMILES string of the molecule is CCCNC1(c2nc3c(s2)CCCC3)CCCC(C)C1C. The van der Waals surface area contributed by atoms with Crippen LogP contribution < -0.4 is 5.32 Å². The Morgan fingerprint density at radius 2 is 2.05 bits per heavy atom. The zero-order valence-electron chi connectivity index (χ0n) is 13.9. The molecule has 118 valence electrons. The van der Waals surface area contributed by atoms with Crippen LogP contribution in [0.15, 0.2) is 0 Å². The second-order valence-electron chi connectivity index (χ2n) is 7.15. The van der Waals surface area contributed by atoms with E-state index in [1.165, 1.54) is 62.1 Å². The molecule has 1 fully saturated rings. The Labute approximate surface area is 133 Å². The number of aromatic nitrogens is 1. The number of aryl methyl sites for hydroxylation is 2. The molecule has 0 bridgehead atoms. The fourth-order valence-electron chi connectivity index (χ4n) is 4.18. The first kappa shape index (κ1) is 15.5. The van der Waals surface area contributed by atoms with E-state index in [4.69, 9.17) is 4.98 Å². The highest BCUT2D eigenvalue weighted by Gasteiger charge is 2.45. The summed E-state index contributed by atoms with van der Waals surface area (Å²) in [6.45, 7) is 8.26. The molecule has 2 aliphatic carbocycles. The Morgan fingerprint density at radius 3 is 2.81 bits per heavy atom. The van der Waals surface area contributed by atoms with E-state index in [-0.39, 0.29) is 5.54 Å². The van der Waals surface area contributed by atoms with Crippen molar-refractivity contribution in [1.82, 2.24) is 10.3 Å². The summed E-state index contributed by atoms with van der Waals surface area (Å²) in [7, 11) is 0.